The van der Waals surface area contributed by atoms with Crippen molar-refractivity contribution < 1.29 is 4.79 Å². The van der Waals surface area contributed by atoms with Gasteiger partial charge in [-0.3, -0.25) is 15.1 Å². The number of pyridine rings is 1. The molecule has 0 saturated heterocycles. The van der Waals surface area contributed by atoms with Gasteiger partial charge in [0.2, 0.25) is 0 Å². The number of aromatic nitrogens is 1. The number of nitrogens with one attached hydrogen (secondary N) is 1. The van der Waals surface area contributed by atoms with E-state index in [9.17, 15) is 4.79 Å². The summed E-state index contributed by atoms with van der Waals surface area (Å²) >= 11 is 0. The lowest BCUT2D eigenvalue weighted by molar-refractivity contribution is 0.0991. The highest BCUT2D eigenvalue weighted by Crippen LogP contribution is 2.30. The average Bonchev–Trinajstić information content (AvgIpc) is 2.81. The van der Waals surface area contributed by atoms with E-state index in [1.54, 1.807) is 36.3 Å². The van der Waals surface area contributed by atoms with Gasteiger partial charge in [-0.25, -0.2) is 4.98 Å². The zero-order valence-electron chi connectivity index (χ0n) is 18.8. The molecule has 0 saturated carbocycles. The molecule has 3 rings (SSSR count). The van der Waals surface area contributed by atoms with Crippen molar-refractivity contribution in [1.29, 1.82) is 5.41 Å². The maximum absolute atomic E-state index is 13.1. The van der Waals surface area contributed by atoms with E-state index in [1.165, 1.54) is 0 Å². The second-order valence-electron chi connectivity index (χ2n) is 7.72. The Hall–Kier alpha value is -4.11. The van der Waals surface area contributed by atoms with Crippen molar-refractivity contribution in [3.8, 4) is 12.3 Å². The normalized spacial score (nSPS) is 11.3. The Morgan fingerprint density at radius 1 is 1.09 bits per heavy atom. The smallest absolute Gasteiger partial charge is 0.259 e. The van der Waals surface area contributed by atoms with Crippen molar-refractivity contribution in [2.75, 3.05) is 23.9 Å². The minimum Gasteiger partial charge on any atom is -0.384 e. The number of carbonyl (C=O) groups is 1. The Labute approximate surface area is 189 Å². The van der Waals surface area contributed by atoms with Crippen molar-refractivity contribution in [3.63, 3.8) is 0 Å². The summed E-state index contributed by atoms with van der Waals surface area (Å²) in [5.41, 5.74) is 10.5. The van der Waals surface area contributed by atoms with Crippen LogP contribution in [0.2, 0.25) is 0 Å². The van der Waals surface area contributed by atoms with Gasteiger partial charge in [-0.1, -0.05) is 18.1 Å². The van der Waals surface area contributed by atoms with Gasteiger partial charge in [0.05, 0.1) is 0 Å². The van der Waals surface area contributed by atoms with Gasteiger partial charge < -0.3 is 10.6 Å². The third-order valence-corrected chi connectivity index (χ3v) is 5.57. The molecule has 1 unspecified atom stereocenters. The molecule has 0 fully saturated rings. The zero-order valence-corrected chi connectivity index (χ0v) is 18.8. The minimum absolute atomic E-state index is 0.0232. The van der Waals surface area contributed by atoms with E-state index in [2.05, 4.69) is 10.9 Å². The Bertz CT molecular complexity index is 1180. The van der Waals surface area contributed by atoms with Gasteiger partial charge in [0.25, 0.3) is 5.91 Å². The van der Waals surface area contributed by atoms with E-state index in [4.69, 9.17) is 17.6 Å². The number of nitrogens with two attached hydrogens (primary N) is 1. The molecule has 2 aromatic carbocycles. The molecule has 0 aliphatic carbocycles. The van der Waals surface area contributed by atoms with Crippen LogP contribution in [0, 0.1) is 31.6 Å². The maximum Gasteiger partial charge on any atom is 0.259 e. The number of amidine groups is 1. The molecule has 32 heavy (non-hydrogen) atoms. The highest BCUT2D eigenvalue weighted by atomic mass is 16.2. The van der Waals surface area contributed by atoms with Crippen LogP contribution in [-0.2, 0) is 0 Å². The average molecular weight is 426 g/mol. The Morgan fingerprint density at radius 2 is 1.78 bits per heavy atom. The first-order valence-electron chi connectivity index (χ1n) is 10.2. The summed E-state index contributed by atoms with van der Waals surface area (Å²) in [6.07, 6.45) is 7.60. The van der Waals surface area contributed by atoms with Crippen LogP contribution in [-0.4, -0.2) is 30.8 Å². The molecule has 0 aliphatic rings. The van der Waals surface area contributed by atoms with Crippen LogP contribution in [0.25, 0.3) is 0 Å². The molecular weight excluding hydrogens is 398 g/mol. The van der Waals surface area contributed by atoms with E-state index >= 15 is 0 Å². The van der Waals surface area contributed by atoms with Crippen LogP contribution in [0.5, 0.6) is 0 Å². The van der Waals surface area contributed by atoms with Gasteiger partial charge in [0.15, 0.2) is 0 Å². The minimum atomic E-state index is -0.324. The van der Waals surface area contributed by atoms with Gasteiger partial charge in [0, 0.05) is 37.1 Å². The molecule has 1 aromatic heterocycles. The molecule has 0 aliphatic heterocycles. The third kappa shape index (κ3) is 4.47. The molecule has 3 aromatic rings. The van der Waals surface area contributed by atoms with Crippen molar-refractivity contribution >= 4 is 23.2 Å². The summed E-state index contributed by atoms with van der Waals surface area (Å²) in [6, 6.07) is 16.4. The summed E-state index contributed by atoms with van der Waals surface area (Å²) in [6.45, 7) is 3.88. The molecule has 162 valence electrons. The molecule has 1 atom stereocenters. The van der Waals surface area contributed by atoms with Crippen LogP contribution in [0.15, 0.2) is 60.8 Å². The largest absolute Gasteiger partial charge is 0.384 e. The number of amides is 1. The quantitative estimate of drug-likeness (QED) is 0.354. The highest BCUT2D eigenvalue weighted by molar-refractivity contribution is 6.06. The van der Waals surface area contributed by atoms with Gasteiger partial charge in [0.1, 0.15) is 17.7 Å². The third-order valence-electron chi connectivity index (χ3n) is 5.57. The van der Waals surface area contributed by atoms with Crippen LogP contribution >= 0.6 is 0 Å². The van der Waals surface area contributed by atoms with E-state index < -0.39 is 0 Å². The van der Waals surface area contributed by atoms with E-state index in [-0.39, 0.29) is 17.8 Å². The first-order valence-corrected chi connectivity index (χ1v) is 10.2. The summed E-state index contributed by atoms with van der Waals surface area (Å²) in [4.78, 5) is 20.9. The molecule has 1 amide bonds. The van der Waals surface area contributed by atoms with Crippen LogP contribution < -0.4 is 15.5 Å². The summed E-state index contributed by atoms with van der Waals surface area (Å²) < 4.78 is 0. The van der Waals surface area contributed by atoms with E-state index in [1.807, 2.05) is 62.2 Å². The molecule has 0 radical (unpaired) electrons. The van der Waals surface area contributed by atoms with E-state index in [0.29, 0.717) is 16.9 Å². The van der Waals surface area contributed by atoms with Crippen LogP contribution in [0.1, 0.15) is 38.7 Å². The van der Waals surface area contributed by atoms with Gasteiger partial charge >= 0.3 is 0 Å². The van der Waals surface area contributed by atoms with Crippen LogP contribution in [0.3, 0.4) is 0 Å². The molecule has 3 N–H and O–H groups in total. The number of hydrogen-bond donors (Lipinski definition) is 2. The number of rotatable bonds is 6. The summed E-state index contributed by atoms with van der Waals surface area (Å²) in [7, 11) is 3.64. The molecule has 6 heteroatoms. The number of nitrogen functional groups attached to an aromatic ring is 1. The Kier molecular flexibility index (Phi) is 6.60. The van der Waals surface area contributed by atoms with Gasteiger partial charge in [-0.05, 0) is 73.0 Å². The summed E-state index contributed by atoms with van der Waals surface area (Å²) in [5.74, 6) is 3.36. The van der Waals surface area contributed by atoms with Crippen LogP contribution in [0.4, 0.5) is 11.5 Å². The number of aryl methyl sites for hydroxylation is 2. The number of nitrogens with zero attached hydrogens (tertiary/aromatic N) is 3. The first-order chi connectivity index (χ1) is 15.2. The SMILES string of the molecule is C#CC(c1cc(C)c(C(=O)N(C)c2ccccn2)cc1C)N(C)c1ccc(C(=N)N)cc1. The summed E-state index contributed by atoms with van der Waals surface area (Å²) in [5, 5.41) is 7.56. The van der Waals surface area contributed by atoms with Crippen molar-refractivity contribution in [2.24, 2.45) is 5.73 Å². The lowest BCUT2D eigenvalue weighted by Crippen LogP contribution is -2.28. The number of hydrogen-bond acceptors (Lipinski definition) is 4. The first kappa shape index (κ1) is 22.6. The number of carbonyl (C=O) groups excluding carboxylic acids is 1. The fourth-order valence-corrected chi connectivity index (χ4v) is 3.64. The molecule has 1 heterocycles. The zero-order chi connectivity index (χ0) is 23.4. The predicted octanol–water partition coefficient (Wildman–Crippen LogP) is 4.07. The maximum atomic E-state index is 13.1. The van der Waals surface area contributed by atoms with E-state index in [0.717, 1.165) is 22.4 Å². The van der Waals surface area contributed by atoms with Gasteiger partial charge in [-0.2, -0.15) is 0 Å². The number of anilines is 2. The second-order valence-corrected chi connectivity index (χ2v) is 7.72. The Morgan fingerprint density at radius 3 is 2.34 bits per heavy atom. The molecular formula is C26H27N5O. The fraction of sp³-hybridized carbons (Fsp3) is 0.192. The predicted molar refractivity (Wildman–Crippen MR) is 130 cm³/mol. The highest BCUT2D eigenvalue weighted by Gasteiger charge is 2.22. The lowest BCUT2D eigenvalue weighted by atomic mass is 9.94. The number of benzene rings is 2. The standard InChI is InChI=1S/C26H27N5O/c1-6-23(30(4)20-12-10-19(11-13-20)25(27)28)21-15-18(3)22(16-17(21)2)26(32)31(5)24-9-7-8-14-29-24/h1,7-16,23H,2-5H3,(H3,27,28). The van der Waals surface area contributed by atoms with Crippen molar-refractivity contribution in [1.82, 2.24) is 4.98 Å². The molecule has 0 spiro atoms. The van der Waals surface area contributed by atoms with Gasteiger partial charge in [-0.15, -0.1) is 6.42 Å². The molecule has 0 bridgehead atoms. The molecule has 6 nitrogen and oxygen atoms in total. The van der Waals surface area contributed by atoms with Crippen molar-refractivity contribution in [2.45, 2.75) is 19.9 Å². The van der Waals surface area contributed by atoms with Crippen molar-refractivity contribution in [3.05, 3.63) is 88.6 Å². The number of terminal acetylenes is 1. The fourth-order valence-electron chi connectivity index (χ4n) is 3.64. The lowest BCUT2D eigenvalue weighted by Gasteiger charge is -2.28. The monoisotopic (exact) mass is 425 g/mol. The topological polar surface area (TPSA) is 86.3 Å². The second kappa shape index (κ2) is 9.36. The Balaban J connectivity index is 1.92.